The lowest BCUT2D eigenvalue weighted by atomic mass is 9.92. The van der Waals surface area contributed by atoms with E-state index in [0.717, 1.165) is 29.5 Å². The second-order valence-electron chi connectivity index (χ2n) is 5.62. The average Bonchev–Trinajstić information content (AvgIpc) is 2.93. The summed E-state index contributed by atoms with van der Waals surface area (Å²) in [7, 11) is 0. The number of rotatable bonds is 2. The van der Waals surface area contributed by atoms with Crippen molar-refractivity contribution in [2.75, 3.05) is 0 Å². The maximum absolute atomic E-state index is 13.7. The highest BCUT2D eigenvalue weighted by atomic mass is 19.1. The third-order valence-electron chi connectivity index (χ3n) is 4.46. The van der Waals surface area contributed by atoms with Crippen LogP contribution in [0.4, 0.5) is 4.39 Å². The van der Waals surface area contributed by atoms with Crippen LogP contribution in [0.25, 0.3) is 21.9 Å². The highest BCUT2D eigenvalue weighted by molar-refractivity contribution is 6.01. The standard InChI is InChI=1S/C19H16FN/c20-15-8-6-14(11-21)18(10-15)16-9-7-13-5-4-12-2-1-3-17(16)19(12)13/h1-3,6-10H,4-5,11,21H2. The number of nitrogens with two attached hydrogens (primary N) is 1. The SMILES string of the molecule is NCc1ccc(F)cc1-c1ccc2c3c(cccc13)CC2. The first kappa shape index (κ1) is 12.5. The van der Waals surface area contributed by atoms with Gasteiger partial charge in [0.15, 0.2) is 0 Å². The van der Waals surface area contributed by atoms with Crippen LogP contribution in [0.2, 0.25) is 0 Å². The summed E-state index contributed by atoms with van der Waals surface area (Å²) < 4.78 is 13.7. The third kappa shape index (κ3) is 1.87. The number of hydrogen-bond acceptors (Lipinski definition) is 1. The van der Waals surface area contributed by atoms with Crippen LogP contribution in [0, 0.1) is 5.82 Å². The van der Waals surface area contributed by atoms with Gasteiger partial charge in [-0.2, -0.15) is 0 Å². The van der Waals surface area contributed by atoms with E-state index in [2.05, 4.69) is 30.3 Å². The van der Waals surface area contributed by atoms with Crippen LogP contribution in [-0.4, -0.2) is 0 Å². The van der Waals surface area contributed by atoms with Gasteiger partial charge in [-0.25, -0.2) is 4.39 Å². The van der Waals surface area contributed by atoms with Crippen LogP contribution in [0.1, 0.15) is 16.7 Å². The van der Waals surface area contributed by atoms with E-state index in [1.807, 2.05) is 0 Å². The smallest absolute Gasteiger partial charge is 0.123 e. The summed E-state index contributed by atoms with van der Waals surface area (Å²) in [6.45, 7) is 0.415. The Morgan fingerprint density at radius 1 is 0.905 bits per heavy atom. The highest BCUT2D eigenvalue weighted by Gasteiger charge is 2.17. The van der Waals surface area contributed by atoms with Crippen molar-refractivity contribution >= 4 is 10.8 Å². The molecular formula is C19H16FN. The molecule has 21 heavy (non-hydrogen) atoms. The molecule has 0 saturated carbocycles. The first-order valence-electron chi connectivity index (χ1n) is 7.30. The van der Waals surface area contributed by atoms with Crippen LogP contribution >= 0.6 is 0 Å². The van der Waals surface area contributed by atoms with E-state index in [0.29, 0.717) is 6.54 Å². The van der Waals surface area contributed by atoms with E-state index >= 15 is 0 Å². The van der Waals surface area contributed by atoms with Gasteiger partial charge in [-0.3, -0.25) is 0 Å². The maximum Gasteiger partial charge on any atom is 0.123 e. The molecule has 0 heterocycles. The number of halogens is 1. The summed E-state index contributed by atoms with van der Waals surface area (Å²) in [5.41, 5.74) is 11.6. The summed E-state index contributed by atoms with van der Waals surface area (Å²) in [5.74, 6) is -0.217. The lowest BCUT2D eigenvalue weighted by Gasteiger charge is -2.13. The Labute approximate surface area is 123 Å². The van der Waals surface area contributed by atoms with Crippen LogP contribution in [-0.2, 0) is 19.4 Å². The molecule has 0 atom stereocenters. The van der Waals surface area contributed by atoms with Crippen molar-refractivity contribution in [2.45, 2.75) is 19.4 Å². The Bertz CT molecular complexity index is 841. The van der Waals surface area contributed by atoms with Crippen molar-refractivity contribution in [3.8, 4) is 11.1 Å². The first-order valence-corrected chi connectivity index (χ1v) is 7.30. The molecule has 0 unspecified atom stereocenters. The minimum absolute atomic E-state index is 0.217. The molecule has 1 aliphatic carbocycles. The van der Waals surface area contributed by atoms with Crippen molar-refractivity contribution in [2.24, 2.45) is 5.73 Å². The largest absolute Gasteiger partial charge is 0.326 e. The van der Waals surface area contributed by atoms with E-state index in [-0.39, 0.29) is 5.82 Å². The van der Waals surface area contributed by atoms with E-state index in [9.17, 15) is 4.39 Å². The van der Waals surface area contributed by atoms with E-state index in [1.54, 1.807) is 12.1 Å². The van der Waals surface area contributed by atoms with Gasteiger partial charge in [-0.05, 0) is 63.6 Å². The molecule has 0 amide bonds. The second-order valence-corrected chi connectivity index (χ2v) is 5.62. The van der Waals surface area contributed by atoms with Gasteiger partial charge < -0.3 is 5.73 Å². The quantitative estimate of drug-likeness (QED) is 0.746. The van der Waals surface area contributed by atoms with Crippen molar-refractivity contribution in [3.05, 3.63) is 71.0 Å². The number of hydrogen-bond donors (Lipinski definition) is 1. The van der Waals surface area contributed by atoms with Crippen molar-refractivity contribution < 1.29 is 4.39 Å². The fourth-order valence-corrected chi connectivity index (χ4v) is 3.46. The van der Waals surface area contributed by atoms with Gasteiger partial charge in [0.2, 0.25) is 0 Å². The van der Waals surface area contributed by atoms with E-state index in [1.165, 1.54) is 28.0 Å². The Balaban J connectivity index is 2.07. The summed E-state index contributed by atoms with van der Waals surface area (Å²) in [4.78, 5) is 0. The molecule has 0 aromatic heterocycles. The Hall–Kier alpha value is -2.19. The van der Waals surface area contributed by atoms with E-state index in [4.69, 9.17) is 5.73 Å². The zero-order chi connectivity index (χ0) is 14.4. The molecule has 0 fully saturated rings. The molecule has 3 aromatic carbocycles. The summed E-state index contributed by atoms with van der Waals surface area (Å²) in [6.07, 6.45) is 2.20. The molecular weight excluding hydrogens is 261 g/mol. The third-order valence-corrected chi connectivity index (χ3v) is 4.46. The molecule has 4 rings (SSSR count). The van der Waals surface area contributed by atoms with Crippen molar-refractivity contribution in [1.82, 2.24) is 0 Å². The average molecular weight is 277 g/mol. The predicted molar refractivity (Wildman–Crippen MR) is 84.6 cm³/mol. The fourth-order valence-electron chi connectivity index (χ4n) is 3.46. The summed E-state index contributed by atoms with van der Waals surface area (Å²) in [6, 6.07) is 15.6. The molecule has 3 aromatic rings. The molecule has 2 N–H and O–H groups in total. The molecule has 0 radical (unpaired) electrons. The fraction of sp³-hybridized carbons (Fsp3) is 0.158. The molecule has 1 aliphatic rings. The van der Waals surface area contributed by atoms with Crippen molar-refractivity contribution in [3.63, 3.8) is 0 Å². The minimum atomic E-state index is -0.217. The predicted octanol–water partition coefficient (Wildman–Crippen LogP) is 4.20. The lowest BCUT2D eigenvalue weighted by molar-refractivity contribution is 0.627. The molecule has 104 valence electrons. The second kappa shape index (κ2) is 4.68. The van der Waals surface area contributed by atoms with Crippen LogP contribution < -0.4 is 5.73 Å². The number of aryl methyl sites for hydroxylation is 2. The Morgan fingerprint density at radius 3 is 2.52 bits per heavy atom. The monoisotopic (exact) mass is 277 g/mol. The van der Waals surface area contributed by atoms with Crippen LogP contribution in [0.3, 0.4) is 0 Å². The van der Waals surface area contributed by atoms with Crippen molar-refractivity contribution in [1.29, 1.82) is 0 Å². The Morgan fingerprint density at radius 2 is 1.71 bits per heavy atom. The molecule has 0 saturated heterocycles. The summed E-state index contributed by atoms with van der Waals surface area (Å²) >= 11 is 0. The van der Waals surface area contributed by atoms with Crippen LogP contribution in [0.15, 0.2) is 48.5 Å². The molecule has 2 heteroatoms. The minimum Gasteiger partial charge on any atom is -0.326 e. The highest BCUT2D eigenvalue weighted by Crippen LogP contribution is 2.38. The van der Waals surface area contributed by atoms with Gasteiger partial charge >= 0.3 is 0 Å². The number of benzene rings is 3. The zero-order valence-electron chi connectivity index (χ0n) is 11.7. The molecule has 0 bridgehead atoms. The maximum atomic E-state index is 13.7. The van der Waals surface area contributed by atoms with Crippen LogP contribution in [0.5, 0.6) is 0 Å². The topological polar surface area (TPSA) is 26.0 Å². The van der Waals surface area contributed by atoms with Gasteiger partial charge in [0.25, 0.3) is 0 Å². The Kier molecular flexibility index (Phi) is 2.79. The van der Waals surface area contributed by atoms with Gasteiger partial charge in [0.1, 0.15) is 5.82 Å². The van der Waals surface area contributed by atoms with E-state index < -0.39 is 0 Å². The normalized spacial score (nSPS) is 13.0. The summed E-state index contributed by atoms with van der Waals surface area (Å²) in [5, 5.41) is 2.56. The zero-order valence-corrected chi connectivity index (χ0v) is 11.7. The molecule has 0 spiro atoms. The van der Waals surface area contributed by atoms with Gasteiger partial charge in [0.05, 0.1) is 0 Å². The lowest BCUT2D eigenvalue weighted by Crippen LogP contribution is -2.00. The molecule has 0 aliphatic heterocycles. The van der Waals surface area contributed by atoms with Gasteiger partial charge in [-0.15, -0.1) is 0 Å². The van der Waals surface area contributed by atoms with Gasteiger partial charge in [-0.1, -0.05) is 36.4 Å². The first-order chi connectivity index (χ1) is 10.3. The molecule has 1 nitrogen and oxygen atoms in total. The van der Waals surface area contributed by atoms with Gasteiger partial charge in [0, 0.05) is 6.54 Å².